The molecular formula is C9H8FNO. The van der Waals surface area contributed by atoms with Crippen molar-refractivity contribution in [2.45, 2.75) is 12.5 Å². The Morgan fingerprint density at radius 3 is 2.75 bits per heavy atom. The van der Waals surface area contributed by atoms with Crippen molar-refractivity contribution in [1.29, 1.82) is 5.26 Å². The number of aliphatic hydroxyl groups excluding tert-OH is 1. The molecule has 0 aliphatic heterocycles. The number of rotatable bonds is 2. The molecule has 0 spiro atoms. The number of hydrogen-bond acceptors (Lipinski definition) is 2. The normalized spacial score (nSPS) is 12.1. The lowest BCUT2D eigenvalue weighted by atomic mass is 10.1. The summed E-state index contributed by atoms with van der Waals surface area (Å²) in [6.07, 6.45) is -1.08. The Labute approximate surface area is 69.9 Å². The first-order valence-electron chi connectivity index (χ1n) is 3.55. The fourth-order valence-electron chi connectivity index (χ4n) is 0.918. The molecule has 1 rings (SSSR count). The van der Waals surface area contributed by atoms with E-state index in [1.807, 2.05) is 0 Å². The third-order valence-electron chi connectivity index (χ3n) is 1.52. The third-order valence-corrected chi connectivity index (χ3v) is 1.52. The molecule has 1 unspecified atom stereocenters. The number of nitrogens with zero attached hydrogens (tertiary/aromatic N) is 1. The summed E-state index contributed by atoms with van der Waals surface area (Å²) in [4.78, 5) is 0. The molecule has 0 bridgehead atoms. The van der Waals surface area contributed by atoms with E-state index in [0.29, 0.717) is 5.56 Å². The number of nitriles is 1. The molecule has 0 radical (unpaired) electrons. The maximum atomic E-state index is 12.9. The summed E-state index contributed by atoms with van der Waals surface area (Å²) >= 11 is 0. The molecule has 1 atom stereocenters. The smallest absolute Gasteiger partial charge is 0.144 e. The number of halogens is 1. The SMILES string of the molecule is N#CC(O)Cc1ccccc1F. The molecule has 1 N–H and O–H groups in total. The van der Waals surface area contributed by atoms with Gasteiger partial charge in [-0.15, -0.1) is 0 Å². The van der Waals surface area contributed by atoms with E-state index in [9.17, 15) is 4.39 Å². The van der Waals surface area contributed by atoms with Crippen molar-refractivity contribution < 1.29 is 9.50 Å². The minimum atomic E-state index is -1.12. The molecule has 0 saturated carbocycles. The Kier molecular flexibility index (Phi) is 2.78. The summed E-state index contributed by atoms with van der Waals surface area (Å²) in [7, 11) is 0. The molecule has 0 fully saturated rings. The van der Waals surface area contributed by atoms with Gasteiger partial charge in [0.1, 0.15) is 11.9 Å². The quantitative estimate of drug-likeness (QED) is 0.670. The predicted molar refractivity (Wildman–Crippen MR) is 41.7 cm³/mol. The van der Waals surface area contributed by atoms with Crippen LogP contribution in [0.1, 0.15) is 5.56 Å². The monoisotopic (exact) mass is 165 g/mol. The molecule has 0 heterocycles. The van der Waals surface area contributed by atoms with Crippen LogP contribution in [-0.2, 0) is 6.42 Å². The Morgan fingerprint density at radius 1 is 1.50 bits per heavy atom. The van der Waals surface area contributed by atoms with Crippen molar-refractivity contribution in [2.24, 2.45) is 0 Å². The van der Waals surface area contributed by atoms with Crippen LogP contribution in [0.5, 0.6) is 0 Å². The van der Waals surface area contributed by atoms with E-state index >= 15 is 0 Å². The van der Waals surface area contributed by atoms with Crippen molar-refractivity contribution in [1.82, 2.24) is 0 Å². The van der Waals surface area contributed by atoms with Crippen molar-refractivity contribution in [3.63, 3.8) is 0 Å². The summed E-state index contributed by atoms with van der Waals surface area (Å²) in [6, 6.07) is 7.72. The zero-order chi connectivity index (χ0) is 8.97. The Morgan fingerprint density at radius 2 is 2.17 bits per heavy atom. The van der Waals surface area contributed by atoms with Gasteiger partial charge >= 0.3 is 0 Å². The van der Waals surface area contributed by atoms with Gasteiger partial charge in [-0.1, -0.05) is 18.2 Å². The van der Waals surface area contributed by atoms with Gasteiger partial charge in [0, 0.05) is 6.42 Å². The molecule has 0 aromatic heterocycles. The van der Waals surface area contributed by atoms with E-state index in [2.05, 4.69) is 0 Å². The van der Waals surface area contributed by atoms with Crippen LogP contribution in [0.15, 0.2) is 24.3 Å². The van der Waals surface area contributed by atoms with Crippen LogP contribution in [-0.4, -0.2) is 11.2 Å². The molecule has 2 nitrogen and oxygen atoms in total. The van der Waals surface area contributed by atoms with Gasteiger partial charge in [0.15, 0.2) is 0 Å². The Balaban J connectivity index is 2.77. The summed E-state index contributed by atoms with van der Waals surface area (Å²) < 4.78 is 12.9. The van der Waals surface area contributed by atoms with Gasteiger partial charge in [0.05, 0.1) is 6.07 Å². The van der Waals surface area contributed by atoms with Crippen LogP contribution in [0, 0.1) is 17.1 Å². The lowest BCUT2D eigenvalue weighted by Gasteiger charge is -2.02. The van der Waals surface area contributed by atoms with Crippen molar-refractivity contribution in [3.05, 3.63) is 35.6 Å². The van der Waals surface area contributed by atoms with Crippen LogP contribution in [0.2, 0.25) is 0 Å². The highest BCUT2D eigenvalue weighted by atomic mass is 19.1. The zero-order valence-corrected chi connectivity index (χ0v) is 6.37. The van der Waals surface area contributed by atoms with Crippen LogP contribution in [0.3, 0.4) is 0 Å². The first-order valence-corrected chi connectivity index (χ1v) is 3.55. The standard InChI is InChI=1S/C9H8FNO/c10-9-4-2-1-3-7(9)5-8(12)6-11/h1-4,8,12H,5H2. The molecule has 3 heteroatoms. The average Bonchev–Trinajstić information content (AvgIpc) is 2.09. The highest BCUT2D eigenvalue weighted by Gasteiger charge is 2.06. The van der Waals surface area contributed by atoms with Crippen LogP contribution < -0.4 is 0 Å². The minimum Gasteiger partial charge on any atom is -0.378 e. The van der Waals surface area contributed by atoms with Crippen molar-refractivity contribution in [2.75, 3.05) is 0 Å². The van der Waals surface area contributed by atoms with Crippen LogP contribution in [0.4, 0.5) is 4.39 Å². The topological polar surface area (TPSA) is 44.0 Å². The van der Waals surface area contributed by atoms with Gasteiger partial charge in [0.2, 0.25) is 0 Å². The lowest BCUT2D eigenvalue weighted by molar-refractivity contribution is 0.229. The summed E-state index contributed by atoms with van der Waals surface area (Å²) in [5, 5.41) is 17.2. The van der Waals surface area contributed by atoms with Gasteiger partial charge in [-0.05, 0) is 11.6 Å². The molecule has 62 valence electrons. The van der Waals surface area contributed by atoms with Gasteiger partial charge < -0.3 is 5.11 Å². The van der Waals surface area contributed by atoms with E-state index in [1.54, 1.807) is 24.3 Å². The van der Waals surface area contributed by atoms with Crippen molar-refractivity contribution in [3.8, 4) is 6.07 Å². The second-order valence-electron chi connectivity index (χ2n) is 2.44. The largest absolute Gasteiger partial charge is 0.378 e. The van der Waals surface area contributed by atoms with E-state index < -0.39 is 6.10 Å². The molecule has 0 saturated heterocycles. The average molecular weight is 165 g/mol. The number of hydrogen-bond donors (Lipinski definition) is 1. The summed E-state index contributed by atoms with van der Waals surface area (Å²) in [5.74, 6) is -0.383. The van der Waals surface area contributed by atoms with E-state index in [4.69, 9.17) is 10.4 Å². The van der Waals surface area contributed by atoms with Crippen LogP contribution >= 0.6 is 0 Å². The van der Waals surface area contributed by atoms with Gasteiger partial charge in [0.25, 0.3) is 0 Å². The van der Waals surface area contributed by atoms with Crippen molar-refractivity contribution >= 4 is 0 Å². The van der Waals surface area contributed by atoms with E-state index in [1.165, 1.54) is 6.07 Å². The second-order valence-corrected chi connectivity index (χ2v) is 2.44. The highest BCUT2D eigenvalue weighted by molar-refractivity contribution is 5.19. The zero-order valence-electron chi connectivity index (χ0n) is 6.37. The molecule has 1 aromatic carbocycles. The van der Waals surface area contributed by atoms with Gasteiger partial charge in [-0.3, -0.25) is 0 Å². The first-order chi connectivity index (χ1) is 5.74. The molecular weight excluding hydrogens is 157 g/mol. The number of aliphatic hydroxyl groups is 1. The second kappa shape index (κ2) is 3.84. The molecule has 0 amide bonds. The fourth-order valence-corrected chi connectivity index (χ4v) is 0.918. The van der Waals surface area contributed by atoms with Gasteiger partial charge in [-0.2, -0.15) is 5.26 Å². The Hall–Kier alpha value is -1.40. The third kappa shape index (κ3) is 2.04. The minimum absolute atomic E-state index is 0.0448. The molecule has 0 aliphatic carbocycles. The molecule has 0 aliphatic rings. The molecule has 12 heavy (non-hydrogen) atoms. The lowest BCUT2D eigenvalue weighted by Crippen LogP contribution is -2.07. The van der Waals surface area contributed by atoms with Gasteiger partial charge in [-0.25, -0.2) is 4.39 Å². The Bertz CT molecular complexity index is 306. The van der Waals surface area contributed by atoms with Crippen LogP contribution in [0.25, 0.3) is 0 Å². The summed E-state index contributed by atoms with van der Waals surface area (Å²) in [5.41, 5.74) is 0.367. The maximum Gasteiger partial charge on any atom is 0.144 e. The first kappa shape index (κ1) is 8.69. The molecule has 1 aromatic rings. The fraction of sp³-hybridized carbons (Fsp3) is 0.222. The van der Waals surface area contributed by atoms with E-state index in [-0.39, 0.29) is 12.2 Å². The maximum absolute atomic E-state index is 12.9. The predicted octanol–water partition coefficient (Wildman–Crippen LogP) is 1.25. The highest BCUT2D eigenvalue weighted by Crippen LogP contribution is 2.08. The van der Waals surface area contributed by atoms with E-state index in [0.717, 1.165) is 0 Å². The summed E-state index contributed by atoms with van der Waals surface area (Å²) in [6.45, 7) is 0. The number of benzene rings is 1.